The number of benzene rings is 2. The van der Waals surface area contributed by atoms with Gasteiger partial charge in [0, 0.05) is 10.0 Å². The fourth-order valence-corrected chi connectivity index (χ4v) is 5.63. The van der Waals surface area contributed by atoms with E-state index in [1.165, 1.54) is 11.0 Å². The van der Waals surface area contributed by atoms with Crippen LogP contribution in [0.1, 0.15) is 40.0 Å². The van der Waals surface area contributed by atoms with Crippen LogP contribution in [0.15, 0.2) is 53.0 Å². The van der Waals surface area contributed by atoms with Gasteiger partial charge in [-0.3, -0.25) is 19.3 Å². The number of ketones is 1. The Balaban J connectivity index is 1.29. The standard InChI is InChI=1S/C24H20BrNO5/c25-17-8-6-13(7-9-17)19(27)12-31-24(30)16-2-1-3-18(11-16)26-22(28)20-14-4-5-15(10-14)21(20)23(26)29/h1-3,6-9,11,14-15,20-21H,4-5,10,12H2/t14-,15-,20-,21-/m0/s1. The molecule has 2 amide bonds. The summed E-state index contributed by atoms with van der Waals surface area (Å²) in [7, 11) is 0. The highest BCUT2D eigenvalue weighted by Crippen LogP contribution is 2.56. The normalized spacial score (nSPS) is 26.3. The topological polar surface area (TPSA) is 80.8 Å². The Morgan fingerprint density at radius 1 is 0.935 bits per heavy atom. The first-order valence-electron chi connectivity index (χ1n) is 10.4. The Kier molecular flexibility index (Phi) is 5.01. The molecule has 3 aliphatic rings. The van der Waals surface area contributed by atoms with Crippen LogP contribution in [0.3, 0.4) is 0 Å². The predicted octanol–water partition coefficient (Wildman–Crippen LogP) is 4.02. The van der Waals surface area contributed by atoms with Gasteiger partial charge in [0.1, 0.15) is 0 Å². The number of Topliss-reactive ketones (excluding diaryl/α,β-unsaturated/α-hetero) is 1. The molecule has 6 nitrogen and oxygen atoms in total. The summed E-state index contributed by atoms with van der Waals surface area (Å²) in [5, 5.41) is 0. The molecule has 31 heavy (non-hydrogen) atoms. The summed E-state index contributed by atoms with van der Waals surface area (Å²) >= 11 is 3.31. The van der Waals surface area contributed by atoms with E-state index in [9.17, 15) is 19.2 Å². The SMILES string of the molecule is O=C(COC(=O)c1cccc(N2C(=O)[C@H]3[C@H]4CC[C@@H](C4)[C@@H]3C2=O)c1)c1ccc(Br)cc1. The van der Waals surface area contributed by atoms with Crippen LogP contribution in [0, 0.1) is 23.7 Å². The minimum Gasteiger partial charge on any atom is -0.454 e. The molecular weight excluding hydrogens is 462 g/mol. The third kappa shape index (κ3) is 3.41. The molecule has 2 bridgehead atoms. The smallest absolute Gasteiger partial charge is 0.338 e. The van der Waals surface area contributed by atoms with E-state index in [0.29, 0.717) is 23.1 Å². The largest absolute Gasteiger partial charge is 0.454 e. The van der Waals surface area contributed by atoms with Crippen LogP contribution in [-0.4, -0.2) is 30.2 Å². The van der Waals surface area contributed by atoms with Crippen molar-refractivity contribution < 1.29 is 23.9 Å². The lowest BCUT2D eigenvalue weighted by Gasteiger charge is -2.19. The number of amides is 2. The summed E-state index contributed by atoms with van der Waals surface area (Å²) < 4.78 is 6.02. The number of carbonyl (C=O) groups is 4. The van der Waals surface area contributed by atoms with Gasteiger partial charge in [0.15, 0.2) is 12.4 Å². The highest BCUT2D eigenvalue weighted by molar-refractivity contribution is 9.10. The predicted molar refractivity (Wildman–Crippen MR) is 116 cm³/mol. The van der Waals surface area contributed by atoms with Crippen LogP contribution >= 0.6 is 15.9 Å². The van der Waals surface area contributed by atoms with Crippen molar-refractivity contribution in [3.8, 4) is 0 Å². The quantitative estimate of drug-likeness (QED) is 0.365. The average molecular weight is 482 g/mol. The van der Waals surface area contributed by atoms with E-state index >= 15 is 0 Å². The third-order valence-electron chi connectivity index (χ3n) is 6.77. The molecule has 1 saturated heterocycles. The van der Waals surface area contributed by atoms with Gasteiger partial charge in [-0.1, -0.05) is 34.1 Å². The van der Waals surface area contributed by atoms with Crippen LogP contribution in [0.25, 0.3) is 0 Å². The molecule has 1 aliphatic heterocycles. The summed E-state index contributed by atoms with van der Waals surface area (Å²) in [6, 6.07) is 13.1. The molecule has 3 fully saturated rings. The zero-order valence-electron chi connectivity index (χ0n) is 16.6. The first-order chi connectivity index (χ1) is 14.9. The van der Waals surface area contributed by atoms with Gasteiger partial charge in [0.2, 0.25) is 11.8 Å². The lowest BCUT2D eigenvalue weighted by atomic mass is 9.81. The molecule has 0 N–H and O–H groups in total. The molecule has 2 aromatic carbocycles. The maximum absolute atomic E-state index is 13.0. The molecule has 0 aromatic heterocycles. The number of anilines is 1. The number of nitrogens with zero attached hydrogens (tertiary/aromatic N) is 1. The molecule has 0 unspecified atom stereocenters. The number of esters is 1. The molecular formula is C24H20BrNO5. The van der Waals surface area contributed by atoms with Crippen molar-refractivity contribution in [3.05, 3.63) is 64.1 Å². The monoisotopic (exact) mass is 481 g/mol. The number of fused-ring (bicyclic) bond motifs is 5. The molecule has 5 rings (SSSR count). The number of hydrogen-bond acceptors (Lipinski definition) is 5. The Bertz CT molecular complexity index is 1070. The van der Waals surface area contributed by atoms with Crippen LogP contribution in [0.5, 0.6) is 0 Å². The zero-order valence-corrected chi connectivity index (χ0v) is 18.2. The number of carbonyl (C=O) groups excluding carboxylic acids is 4. The van der Waals surface area contributed by atoms with Crippen molar-refractivity contribution in [1.29, 1.82) is 0 Å². The molecule has 2 aromatic rings. The van der Waals surface area contributed by atoms with Crippen molar-refractivity contribution >= 4 is 45.2 Å². The minimum atomic E-state index is -0.674. The second-order valence-corrected chi connectivity index (χ2v) is 9.37. The average Bonchev–Trinajstić information content (AvgIpc) is 3.46. The second-order valence-electron chi connectivity index (χ2n) is 8.45. The number of rotatable bonds is 5. The van der Waals surface area contributed by atoms with Gasteiger partial charge in [-0.2, -0.15) is 0 Å². The minimum absolute atomic E-state index is 0.155. The van der Waals surface area contributed by atoms with E-state index in [-0.39, 0.29) is 41.6 Å². The Labute approximate surface area is 187 Å². The van der Waals surface area contributed by atoms with Crippen molar-refractivity contribution in [1.82, 2.24) is 0 Å². The van der Waals surface area contributed by atoms with Crippen molar-refractivity contribution in [3.63, 3.8) is 0 Å². The Morgan fingerprint density at radius 2 is 1.58 bits per heavy atom. The van der Waals surface area contributed by atoms with Crippen molar-refractivity contribution in [2.75, 3.05) is 11.5 Å². The van der Waals surface area contributed by atoms with E-state index in [1.807, 2.05) is 0 Å². The molecule has 7 heteroatoms. The van der Waals surface area contributed by atoms with Crippen molar-refractivity contribution in [2.24, 2.45) is 23.7 Å². The van der Waals surface area contributed by atoms with E-state index < -0.39 is 5.97 Å². The van der Waals surface area contributed by atoms with E-state index in [2.05, 4.69) is 15.9 Å². The van der Waals surface area contributed by atoms with Gasteiger partial charge in [-0.25, -0.2) is 4.79 Å². The summed E-state index contributed by atoms with van der Waals surface area (Å²) in [6.45, 7) is -0.389. The third-order valence-corrected chi connectivity index (χ3v) is 7.30. The van der Waals surface area contributed by atoms with Crippen LogP contribution in [-0.2, 0) is 14.3 Å². The summed E-state index contributed by atoms with van der Waals surface area (Å²) in [5.74, 6) is -1.13. The van der Waals surface area contributed by atoms with Crippen LogP contribution in [0.4, 0.5) is 5.69 Å². The fraction of sp³-hybridized carbons (Fsp3) is 0.333. The van der Waals surface area contributed by atoms with Crippen LogP contribution < -0.4 is 4.90 Å². The Morgan fingerprint density at radius 3 is 2.23 bits per heavy atom. The van der Waals surface area contributed by atoms with Crippen LogP contribution in [0.2, 0.25) is 0 Å². The molecule has 0 spiro atoms. The molecule has 4 atom stereocenters. The Hall–Kier alpha value is -2.80. The van der Waals surface area contributed by atoms with Gasteiger partial charge in [0.25, 0.3) is 0 Å². The maximum Gasteiger partial charge on any atom is 0.338 e. The number of imide groups is 1. The highest BCUT2D eigenvalue weighted by Gasteiger charge is 2.61. The van der Waals surface area contributed by atoms with Crippen molar-refractivity contribution in [2.45, 2.75) is 19.3 Å². The number of halogens is 1. The first kappa shape index (κ1) is 20.1. The van der Waals surface area contributed by atoms with Gasteiger partial charge in [0.05, 0.1) is 23.1 Å². The molecule has 2 aliphatic carbocycles. The summed E-state index contributed by atoms with van der Waals surface area (Å²) in [6.07, 6.45) is 2.99. The van der Waals surface area contributed by atoms with Gasteiger partial charge >= 0.3 is 5.97 Å². The van der Waals surface area contributed by atoms with Gasteiger partial charge in [-0.15, -0.1) is 0 Å². The molecule has 158 valence electrons. The highest BCUT2D eigenvalue weighted by atomic mass is 79.9. The maximum atomic E-state index is 13.0. The van der Waals surface area contributed by atoms with E-state index in [1.54, 1.807) is 42.5 Å². The molecule has 1 heterocycles. The summed E-state index contributed by atoms with van der Waals surface area (Å²) in [5.41, 5.74) is 1.03. The molecule has 0 radical (unpaired) electrons. The fourth-order valence-electron chi connectivity index (χ4n) is 5.37. The van der Waals surface area contributed by atoms with E-state index in [4.69, 9.17) is 4.74 Å². The lowest BCUT2D eigenvalue weighted by Crippen LogP contribution is -2.32. The first-order valence-corrected chi connectivity index (χ1v) is 11.2. The lowest BCUT2D eigenvalue weighted by molar-refractivity contribution is -0.123. The molecule has 2 saturated carbocycles. The second kappa shape index (κ2) is 7.71. The summed E-state index contributed by atoms with van der Waals surface area (Å²) in [4.78, 5) is 52.0. The van der Waals surface area contributed by atoms with E-state index in [0.717, 1.165) is 23.7 Å². The van der Waals surface area contributed by atoms with Gasteiger partial charge in [-0.05, 0) is 61.4 Å². The number of ether oxygens (including phenoxy) is 1. The zero-order chi connectivity index (χ0) is 21.7. The number of hydrogen-bond donors (Lipinski definition) is 0. The van der Waals surface area contributed by atoms with Gasteiger partial charge < -0.3 is 4.74 Å².